The molecule has 2 rings (SSSR count). The first-order chi connectivity index (χ1) is 9.01. The van der Waals surface area contributed by atoms with Crippen molar-refractivity contribution in [2.24, 2.45) is 0 Å². The number of hydrogen-bond acceptors (Lipinski definition) is 2. The lowest BCUT2D eigenvalue weighted by Gasteiger charge is -2.10. The number of nitriles is 1. The molecule has 0 saturated carbocycles. The Balaban J connectivity index is 2.40. The molecule has 0 saturated heterocycles. The lowest BCUT2D eigenvalue weighted by Crippen LogP contribution is -1.94. The quantitative estimate of drug-likeness (QED) is 0.753. The van der Waals surface area contributed by atoms with Gasteiger partial charge in [0, 0.05) is 10.7 Å². The molecule has 2 aromatic rings. The summed E-state index contributed by atoms with van der Waals surface area (Å²) in [7, 11) is 0. The van der Waals surface area contributed by atoms with Crippen molar-refractivity contribution in [3.8, 4) is 6.07 Å². The van der Waals surface area contributed by atoms with Crippen LogP contribution in [-0.4, -0.2) is 0 Å². The van der Waals surface area contributed by atoms with E-state index in [1.165, 1.54) is 18.2 Å². The van der Waals surface area contributed by atoms with E-state index in [2.05, 4.69) is 5.32 Å². The normalized spacial score (nSPS) is 10.1. The summed E-state index contributed by atoms with van der Waals surface area (Å²) in [5.41, 5.74) is 1.38. The Morgan fingerprint density at radius 3 is 2.26 bits per heavy atom. The van der Waals surface area contributed by atoms with E-state index in [9.17, 15) is 4.39 Å². The first kappa shape index (κ1) is 14.0. The van der Waals surface area contributed by atoms with Gasteiger partial charge in [-0.3, -0.25) is 0 Å². The molecule has 19 heavy (non-hydrogen) atoms. The summed E-state index contributed by atoms with van der Waals surface area (Å²) in [6.45, 7) is 0. The van der Waals surface area contributed by atoms with Crippen molar-refractivity contribution in [1.82, 2.24) is 0 Å². The largest absolute Gasteiger partial charge is 0.354 e. The molecule has 0 aliphatic rings. The van der Waals surface area contributed by atoms with Gasteiger partial charge in [0.1, 0.15) is 6.07 Å². The standard InChI is InChI=1S/C13H6Cl3FN2/c14-8-1-2-12(7(3-8)6-18)19-9-4-10(15)13(17)11(16)5-9/h1-5,19H. The molecule has 0 unspecified atom stereocenters. The smallest absolute Gasteiger partial charge is 0.160 e. The van der Waals surface area contributed by atoms with Crippen LogP contribution in [0.15, 0.2) is 30.3 Å². The van der Waals surface area contributed by atoms with Crippen LogP contribution >= 0.6 is 34.8 Å². The molecular formula is C13H6Cl3FN2. The van der Waals surface area contributed by atoms with Crippen LogP contribution in [0.4, 0.5) is 15.8 Å². The van der Waals surface area contributed by atoms with Crippen molar-refractivity contribution in [2.45, 2.75) is 0 Å². The van der Waals surface area contributed by atoms with Gasteiger partial charge in [0.15, 0.2) is 5.82 Å². The van der Waals surface area contributed by atoms with Crippen LogP contribution in [0.5, 0.6) is 0 Å². The summed E-state index contributed by atoms with van der Waals surface area (Å²) in [6.07, 6.45) is 0. The van der Waals surface area contributed by atoms with Gasteiger partial charge < -0.3 is 5.32 Å². The van der Waals surface area contributed by atoms with Gasteiger partial charge in [0.2, 0.25) is 0 Å². The third-order valence-corrected chi connectivity index (χ3v) is 3.15. The predicted octanol–water partition coefficient (Wildman–Crippen LogP) is 5.40. The van der Waals surface area contributed by atoms with Crippen LogP contribution in [0.25, 0.3) is 0 Å². The van der Waals surface area contributed by atoms with E-state index in [0.717, 1.165) is 0 Å². The van der Waals surface area contributed by atoms with Gasteiger partial charge in [-0.05, 0) is 30.3 Å². The van der Waals surface area contributed by atoms with Crippen molar-refractivity contribution in [3.63, 3.8) is 0 Å². The van der Waals surface area contributed by atoms with Crippen LogP contribution in [0.3, 0.4) is 0 Å². The van der Waals surface area contributed by atoms with Gasteiger partial charge in [-0.2, -0.15) is 5.26 Å². The molecule has 0 radical (unpaired) electrons. The summed E-state index contributed by atoms with van der Waals surface area (Å²) < 4.78 is 13.3. The zero-order valence-electron chi connectivity index (χ0n) is 9.35. The van der Waals surface area contributed by atoms with E-state index in [4.69, 9.17) is 40.1 Å². The maximum Gasteiger partial charge on any atom is 0.160 e. The average molecular weight is 316 g/mol. The number of rotatable bonds is 2. The Bertz CT molecular complexity index is 657. The van der Waals surface area contributed by atoms with E-state index < -0.39 is 5.82 Å². The predicted molar refractivity (Wildman–Crippen MR) is 75.9 cm³/mol. The lowest BCUT2D eigenvalue weighted by atomic mass is 10.2. The fourth-order valence-electron chi connectivity index (χ4n) is 1.50. The van der Waals surface area contributed by atoms with Crippen molar-refractivity contribution in [2.75, 3.05) is 5.32 Å². The van der Waals surface area contributed by atoms with Gasteiger partial charge >= 0.3 is 0 Å². The van der Waals surface area contributed by atoms with Crippen molar-refractivity contribution < 1.29 is 4.39 Å². The summed E-state index contributed by atoms with van der Waals surface area (Å²) in [4.78, 5) is 0. The molecule has 1 N–H and O–H groups in total. The molecule has 0 aromatic heterocycles. The molecule has 0 aliphatic heterocycles. The molecule has 6 heteroatoms. The van der Waals surface area contributed by atoms with Crippen molar-refractivity contribution in [3.05, 3.63) is 56.8 Å². The second-order valence-corrected chi connectivity index (χ2v) is 4.93. The highest BCUT2D eigenvalue weighted by Crippen LogP contribution is 2.30. The minimum Gasteiger partial charge on any atom is -0.354 e. The van der Waals surface area contributed by atoms with Gasteiger partial charge in [0.05, 0.1) is 21.3 Å². The number of halogens is 4. The van der Waals surface area contributed by atoms with Gasteiger partial charge in [0.25, 0.3) is 0 Å². The first-order valence-electron chi connectivity index (χ1n) is 5.12. The molecule has 2 aromatic carbocycles. The molecule has 0 amide bonds. The number of nitrogens with one attached hydrogen (secondary N) is 1. The lowest BCUT2D eigenvalue weighted by molar-refractivity contribution is 0.629. The minimum atomic E-state index is -0.675. The second-order valence-electron chi connectivity index (χ2n) is 3.68. The Labute approximate surface area is 124 Å². The van der Waals surface area contributed by atoms with E-state index in [-0.39, 0.29) is 10.0 Å². The summed E-state index contributed by atoms with van der Waals surface area (Å²) >= 11 is 17.2. The van der Waals surface area contributed by atoms with Crippen LogP contribution in [0.2, 0.25) is 15.1 Å². The number of hydrogen-bond donors (Lipinski definition) is 1. The fourth-order valence-corrected chi connectivity index (χ4v) is 2.16. The summed E-state index contributed by atoms with van der Waals surface area (Å²) in [5, 5.41) is 12.2. The molecule has 96 valence electrons. The number of benzene rings is 2. The van der Waals surface area contributed by atoms with E-state index in [1.54, 1.807) is 12.1 Å². The van der Waals surface area contributed by atoms with Crippen LogP contribution in [-0.2, 0) is 0 Å². The molecule has 0 atom stereocenters. The summed E-state index contributed by atoms with van der Waals surface area (Å²) in [6, 6.07) is 9.59. The highest BCUT2D eigenvalue weighted by Gasteiger charge is 2.09. The first-order valence-corrected chi connectivity index (χ1v) is 6.26. The third-order valence-electron chi connectivity index (χ3n) is 2.36. The molecule has 0 fully saturated rings. The van der Waals surface area contributed by atoms with E-state index >= 15 is 0 Å². The SMILES string of the molecule is N#Cc1cc(Cl)ccc1Nc1cc(Cl)c(F)c(Cl)c1. The molecule has 0 spiro atoms. The van der Waals surface area contributed by atoms with Crippen LogP contribution < -0.4 is 5.32 Å². The van der Waals surface area contributed by atoms with Gasteiger partial charge in [-0.15, -0.1) is 0 Å². The van der Waals surface area contributed by atoms with Crippen LogP contribution in [0, 0.1) is 17.1 Å². The molecule has 0 bridgehead atoms. The monoisotopic (exact) mass is 314 g/mol. The summed E-state index contributed by atoms with van der Waals surface area (Å²) in [5.74, 6) is -0.675. The zero-order valence-corrected chi connectivity index (χ0v) is 11.6. The van der Waals surface area contributed by atoms with Crippen LogP contribution in [0.1, 0.15) is 5.56 Å². The third kappa shape index (κ3) is 3.10. The molecule has 2 nitrogen and oxygen atoms in total. The Morgan fingerprint density at radius 1 is 1.05 bits per heavy atom. The van der Waals surface area contributed by atoms with Gasteiger partial charge in [-0.25, -0.2) is 4.39 Å². The van der Waals surface area contributed by atoms with E-state index in [0.29, 0.717) is 22.0 Å². The highest BCUT2D eigenvalue weighted by molar-refractivity contribution is 6.35. The average Bonchev–Trinajstić information content (AvgIpc) is 2.38. The highest BCUT2D eigenvalue weighted by atomic mass is 35.5. The Kier molecular flexibility index (Phi) is 4.16. The van der Waals surface area contributed by atoms with Gasteiger partial charge in [-0.1, -0.05) is 34.8 Å². The van der Waals surface area contributed by atoms with Crippen molar-refractivity contribution >= 4 is 46.2 Å². The maximum atomic E-state index is 13.3. The second kappa shape index (κ2) is 5.66. The molecule has 0 heterocycles. The topological polar surface area (TPSA) is 35.8 Å². The number of anilines is 2. The Morgan fingerprint density at radius 2 is 1.68 bits per heavy atom. The minimum absolute atomic E-state index is 0.0949. The molecule has 0 aliphatic carbocycles. The number of nitrogens with zero attached hydrogens (tertiary/aromatic N) is 1. The Hall–Kier alpha value is -1.47. The van der Waals surface area contributed by atoms with E-state index in [1.807, 2.05) is 6.07 Å². The molecular weight excluding hydrogens is 310 g/mol. The zero-order chi connectivity index (χ0) is 14.0. The maximum absolute atomic E-state index is 13.3. The van der Waals surface area contributed by atoms with Crippen molar-refractivity contribution in [1.29, 1.82) is 5.26 Å². The fraction of sp³-hybridized carbons (Fsp3) is 0.